The summed E-state index contributed by atoms with van der Waals surface area (Å²) in [5, 5.41) is 8.36. The van der Waals surface area contributed by atoms with Gasteiger partial charge in [0.25, 0.3) is 0 Å². The first-order chi connectivity index (χ1) is 10.6. The van der Waals surface area contributed by atoms with Gasteiger partial charge in [0.15, 0.2) is 0 Å². The van der Waals surface area contributed by atoms with Gasteiger partial charge in [0.05, 0.1) is 29.0 Å². The van der Waals surface area contributed by atoms with Crippen molar-refractivity contribution < 1.29 is 0 Å². The molecular formula is C17H15N5. The summed E-state index contributed by atoms with van der Waals surface area (Å²) >= 11 is 0. The van der Waals surface area contributed by atoms with Gasteiger partial charge in [0, 0.05) is 29.7 Å². The molecule has 0 saturated carbocycles. The Morgan fingerprint density at radius 2 is 1.95 bits per heavy atom. The highest BCUT2D eigenvalue weighted by atomic mass is 14.8. The number of hydrogen-bond acceptors (Lipinski definition) is 5. The lowest BCUT2D eigenvalue weighted by Gasteiger charge is -2.09. The highest BCUT2D eigenvalue weighted by Crippen LogP contribution is 2.22. The van der Waals surface area contributed by atoms with E-state index in [9.17, 15) is 0 Å². The molecule has 0 fully saturated rings. The quantitative estimate of drug-likeness (QED) is 0.726. The molecule has 0 radical (unpaired) electrons. The summed E-state index contributed by atoms with van der Waals surface area (Å²) in [5.41, 5.74) is 10.6. The molecule has 0 spiro atoms. The molecule has 3 heterocycles. The van der Waals surface area contributed by atoms with Crippen LogP contribution in [-0.4, -0.2) is 20.7 Å². The third-order valence-corrected chi connectivity index (χ3v) is 3.33. The second-order valence-electron chi connectivity index (χ2n) is 4.99. The average Bonchev–Trinajstić information content (AvgIpc) is 2.56. The molecule has 3 aromatic rings. The topological polar surface area (TPSA) is 88.5 Å². The molecule has 108 valence electrons. The lowest BCUT2D eigenvalue weighted by molar-refractivity contribution is 1.22. The van der Waals surface area contributed by atoms with Crippen molar-refractivity contribution in [2.24, 2.45) is 0 Å². The molecule has 22 heavy (non-hydrogen) atoms. The lowest BCUT2D eigenvalue weighted by atomic mass is 10.0. The summed E-state index contributed by atoms with van der Waals surface area (Å²) < 4.78 is 0. The number of nitrogens with zero attached hydrogens (tertiary/aromatic N) is 3. The molecule has 0 unspecified atom stereocenters. The van der Waals surface area contributed by atoms with Crippen molar-refractivity contribution in [1.29, 1.82) is 5.41 Å². The Hall–Kier alpha value is -3.08. The largest absolute Gasteiger partial charge is 0.397 e. The molecule has 0 aliphatic carbocycles. The highest BCUT2D eigenvalue weighted by molar-refractivity contribution is 6.13. The molecule has 5 heteroatoms. The molecule has 0 aliphatic heterocycles. The molecule has 3 rings (SSSR count). The van der Waals surface area contributed by atoms with Crippen LogP contribution in [0, 0.1) is 12.3 Å². The van der Waals surface area contributed by atoms with Gasteiger partial charge in [-0.25, -0.2) is 0 Å². The predicted molar refractivity (Wildman–Crippen MR) is 86.8 cm³/mol. The van der Waals surface area contributed by atoms with Crippen LogP contribution < -0.4 is 5.73 Å². The third-order valence-electron chi connectivity index (χ3n) is 3.33. The van der Waals surface area contributed by atoms with Crippen LogP contribution >= 0.6 is 0 Å². The SMILES string of the molecule is Cc1ccc(C(=N)c2cc(-c3cccnc3)ncc2N)nc1. The Morgan fingerprint density at radius 1 is 1.09 bits per heavy atom. The Kier molecular flexibility index (Phi) is 3.62. The standard InChI is InChI=1S/C17H15N5/c1-11-4-5-15(21-8-11)17(19)13-7-16(22-10-14(13)18)12-3-2-6-20-9-12/h2-10,19H,18H2,1H3. The van der Waals surface area contributed by atoms with Gasteiger partial charge in [-0.15, -0.1) is 0 Å². The maximum atomic E-state index is 8.36. The van der Waals surface area contributed by atoms with Gasteiger partial charge in [-0.1, -0.05) is 6.07 Å². The molecule has 5 nitrogen and oxygen atoms in total. The van der Waals surface area contributed by atoms with E-state index in [0.29, 0.717) is 16.9 Å². The fraction of sp³-hybridized carbons (Fsp3) is 0.0588. The molecule has 3 N–H and O–H groups in total. The van der Waals surface area contributed by atoms with Crippen LogP contribution in [0.15, 0.2) is 55.1 Å². The van der Waals surface area contributed by atoms with Gasteiger partial charge in [-0.3, -0.25) is 20.4 Å². The number of anilines is 1. The molecule has 0 bridgehead atoms. The van der Waals surface area contributed by atoms with E-state index in [0.717, 1.165) is 16.8 Å². The van der Waals surface area contributed by atoms with Gasteiger partial charge in [-0.2, -0.15) is 0 Å². The Morgan fingerprint density at radius 3 is 2.64 bits per heavy atom. The Bertz CT molecular complexity index is 810. The fourth-order valence-corrected chi connectivity index (χ4v) is 2.11. The first-order valence-corrected chi connectivity index (χ1v) is 6.83. The van der Waals surface area contributed by atoms with Gasteiger partial charge in [0.2, 0.25) is 0 Å². The number of nitrogen functional groups attached to an aromatic ring is 1. The maximum absolute atomic E-state index is 8.36. The highest BCUT2D eigenvalue weighted by Gasteiger charge is 2.12. The first-order valence-electron chi connectivity index (χ1n) is 6.83. The number of pyridine rings is 3. The number of aromatic nitrogens is 3. The van der Waals surface area contributed by atoms with Crippen molar-refractivity contribution in [2.45, 2.75) is 6.92 Å². The van der Waals surface area contributed by atoms with E-state index in [1.807, 2.05) is 31.2 Å². The van der Waals surface area contributed by atoms with E-state index in [1.54, 1.807) is 30.9 Å². The zero-order chi connectivity index (χ0) is 15.5. The minimum Gasteiger partial charge on any atom is -0.397 e. The van der Waals surface area contributed by atoms with Crippen LogP contribution in [0.2, 0.25) is 0 Å². The molecule has 0 amide bonds. The van der Waals surface area contributed by atoms with Crippen molar-refractivity contribution in [3.05, 3.63) is 71.9 Å². The van der Waals surface area contributed by atoms with Crippen LogP contribution in [0.4, 0.5) is 5.69 Å². The second kappa shape index (κ2) is 5.73. The molecular weight excluding hydrogens is 274 g/mol. The van der Waals surface area contributed by atoms with E-state index >= 15 is 0 Å². The molecule has 0 aromatic carbocycles. The molecule has 0 aliphatic rings. The minimum atomic E-state index is 0.282. The smallest absolute Gasteiger partial charge is 0.0890 e. The molecule has 3 aromatic heterocycles. The number of nitrogens with one attached hydrogen (secondary N) is 1. The summed E-state index contributed by atoms with van der Waals surface area (Å²) in [6, 6.07) is 9.32. The van der Waals surface area contributed by atoms with Crippen LogP contribution in [0.25, 0.3) is 11.3 Å². The average molecular weight is 289 g/mol. The van der Waals surface area contributed by atoms with E-state index in [4.69, 9.17) is 11.1 Å². The summed E-state index contributed by atoms with van der Waals surface area (Å²) in [7, 11) is 0. The van der Waals surface area contributed by atoms with Gasteiger partial charge in [-0.05, 0) is 36.8 Å². The zero-order valence-corrected chi connectivity index (χ0v) is 12.1. The number of rotatable bonds is 3. The van der Waals surface area contributed by atoms with E-state index < -0.39 is 0 Å². The monoisotopic (exact) mass is 289 g/mol. The van der Waals surface area contributed by atoms with Crippen molar-refractivity contribution in [1.82, 2.24) is 15.0 Å². The Balaban J connectivity index is 2.03. The first kappa shape index (κ1) is 13.9. The van der Waals surface area contributed by atoms with Gasteiger partial charge >= 0.3 is 0 Å². The van der Waals surface area contributed by atoms with Crippen molar-refractivity contribution in [3.63, 3.8) is 0 Å². The Labute approximate surface area is 128 Å². The summed E-state index contributed by atoms with van der Waals surface area (Å²) in [4.78, 5) is 12.7. The fourth-order valence-electron chi connectivity index (χ4n) is 2.11. The van der Waals surface area contributed by atoms with Crippen LogP contribution in [-0.2, 0) is 0 Å². The second-order valence-corrected chi connectivity index (χ2v) is 4.99. The van der Waals surface area contributed by atoms with Crippen LogP contribution in [0.5, 0.6) is 0 Å². The van der Waals surface area contributed by atoms with Crippen molar-refractivity contribution in [2.75, 3.05) is 5.73 Å². The number of nitrogens with two attached hydrogens (primary N) is 1. The van der Waals surface area contributed by atoms with E-state index in [1.165, 1.54) is 0 Å². The summed E-state index contributed by atoms with van der Waals surface area (Å²) in [6.45, 7) is 1.96. The molecule has 0 atom stereocenters. The predicted octanol–water partition coefficient (Wildman–Crippen LogP) is 2.85. The molecule has 0 saturated heterocycles. The lowest BCUT2D eigenvalue weighted by Crippen LogP contribution is -2.08. The summed E-state index contributed by atoms with van der Waals surface area (Å²) in [5.74, 6) is 0. The normalized spacial score (nSPS) is 10.4. The van der Waals surface area contributed by atoms with E-state index in [2.05, 4.69) is 15.0 Å². The van der Waals surface area contributed by atoms with Crippen LogP contribution in [0.1, 0.15) is 16.8 Å². The third kappa shape index (κ3) is 2.69. The minimum absolute atomic E-state index is 0.282. The van der Waals surface area contributed by atoms with Crippen LogP contribution in [0.3, 0.4) is 0 Å². The van der Waals surface area contributed by atoms with Gasteiger partial charge in [0.1, 0.15) is 0 Å². The van der Waals surface area contributed by atoms with Crippen molar-refractivity contribution in [3.8, 4) is 11.3 Å². The summed E-state index contributed by atoms with van der Waals surface area (Å²) in [6.07, 6.45) is 6.75. The number of hydrogen-bond donors (Lipinski definition) is 2. The van der Waals surface area contributed by atoms with E-state index in [-0.39, 0.29) is 5.71 Å². The maximum Gasteiger partial charge on any atom is 0.0890 e. The van der Waals surface area contributed by atoms with Gasteiger partial charge < -0.3 is 5.73 Å². The van der Waals surface area contributed by atoms with Crippen molar-refractivity contribution >= 4 is 11.4 Å². The number of aryl methyl sites for hydroxylation is 1. The zero-order valence-electron chi connectivity index (χ0n) is 12.1.